The van der Waals surface area contributed by atoms with Crippen LogP contribution in [0.1, 0.15) is 10.4 Å². The summed E-state index contributed by atoms with van der Waals surface area (Å²) in [6.45, 7) is 0. The van der Waals surface area contributed by atoms with Gasteiger partial charge in [0.25, 0.3) is 10.0 Å². The Morgan fingerprint density at radius 2 is 1.62 bits per heavy atom. The van der Waals surface area contributed by atoms with Crippen molar-refractivity contribution in [2.75, 3.05) is 26.1 Å². The van der Waals surface area contributed by atoms with Crippen LogP contribution in [0, 0.1) is 0 Å². The number of anilines is 1. The first-order valence-electron chi connectivity index (χ1n) is 7.07. The molecule has 0 bridgehead atoms. The summed E-state index contributed by atoms with van der Waals surface area (Å²) in [6, 6.07) is 6.06. The molecule has 2 aromatic carbocycles. The van der Waals surface area contributed by atoms with E-state index in [2.05, 4.69) is 4.72 Å². The van der Waals surface area contributed by atoms with Gasteiger partial charge in [0.2, 0.25) is 0 Å². The number of hydrogen-bond acceptors (Lipinski definition) is 7. The maximum Gasteiger partial charge on any atom is 0.265 e. The Kier molecular flexibility index (Phi) is 5.83. The molecule has 0 saturated carbocycles. The van der Waals surface area contributed by atoms with E-state index in [4.69, 9.17) is 25.8 Å². The van der Waals surface area contributed by atoms with Gasteiger partial charge in [0.05, 0.1) is 38.0 Å². The van der Waals surface area contributed by atoms with Crippen molar-refractivity contribution >= 4 is 33.3 Å². The van der Waals surface area contributed by atoms with E-state index in [1.54, 1.807) is 0 Å². The molecule has 0 aromatic heterocycles. The van der Waals surface area contributed by atoms with Crippen LogP contribution >= 0.6 is 11.6 Å². The van der Waals surface area contributed by atoms with Gasteiger partial charge in [-0.1, -0.05) is 11.6 Å². The molecule has 2 aromatic rings. The fourth-order valence-corrected chi connectivity index (χ4v) is 3.65. The lowest BCUT2D eigenvalue weighted by Gasteiger charge is -2.16. The highest BCUT2D eigenvalue weighted by molar-refractivity contribution is 7.92. The lowest BCUT2D eigenvalue weighted by molar-refractivity contribution is -0.255. The van der Waals surface area contributed by atoms with E-state index in [0.717, 1.165) is 6.07 Å². The topological polar surface area (TPSA) is 114 Å². The molecule has 0 saturated heterocycles. The SMILES string of the molecule is COc1cc(OC)c(NS(=O)(=O)c2cc(C(=O)[O-])ccc2OC)cc1Cl. The summed E-state index contributed by atoms with van der Waals surface area (Å²) >= 11 is 6.03. The number of methoxy groups -OCH3 is 3. The van der Waals surface area contributed by atoms with Crippen LogP contribution in [0.3, 0.4) is 0 Å². The van der Waals surface area contributed by atoms with Crippen LogP contribution in [0.25, 0.3) is 0 Å². The van der Waals surface area contributed by atoms with Crippen molar-refractivity contribution < 1.29 is 32.5 Å². The number of carbonyl (C=O) groups excluding carboxylic acids is 1. The molecule has 0 radical (unpaired) electrons. The normalized spacial score (nSPS) is 10.9. The molecule has 0 spiro atoms. The minimum atomic E-state index is -4.23. The van der Waals surface area contributed by atoms with E-state index >= 15 is 0 Å². The fraction of sp³-hybridized carbons (Fsp3) is 0.188. The summed E-state index contributed by atoms with van der Waals surface area (Å²) in [4.78, 5) is 10.7. The number of sulfonamides is 1. The Labute approximate surface area is 155 Å². The van der Waals surface area contributed by atoms with Crippen LogP contribution in [-0.2, 0) is 10.0 Å². The van der Waals surface area contributed by atoms with E-state index < -0.39 is 16.0 Å². The molecule has 26 heavy (non-hydrogen) atoms. The van der Waals surface area contributed by atoms with Gasteiger partial charge in [0, 0.05) is 6.07 Å². The third-order valence-corrected chi connectivity index (χ3v) is 5.09. The van der Waals surface area contributed by atoms with Gasteiger partial charge in [-0.2, -0.15) is 0 Å². The Hall–Kier alpha value is -2.65. The second-order valence-corrected chi connectivity index (χ2v) is 7.00. The van der Waals surface area contributed by atoms with Crippen molar-refractivity contribution in [3.63, 3.8) is 0 Å². The number of carboxylic acid groups (broad SMARTS) is 1. The smallest absolute Gasteiger partial charge is 0.265 e. The quantitative estimate of drug-likeness (QED) is 0.749. The van der Waals surface area contributed by atoms with E-state index in [1.807, 2.05) is 0 Å². The van der Waals surface area contributed by atoms with Gasteiger partial charge in [0.1, 0.15) is 22.1 Å². The van der Waals surface area contributed by atoms with Crippen molar-refractivity contribution in [2.24, 2.45) is 0 Å². The number of hydrogen-bond donors (Lipinski definition) is 1. The minimum Gasteiger partial charge on any atom is -0.545 e. The van der Waals surface area contributed by atoms with Gasteiger partial charge in [-0.15, -0.1) is 0 Å². The van der Waals surface area contributed by atoms with Gasteiger partial charge in [-0.25, -0.2) is 8.42 Å². The average Bonchev–Trinajstić information content (AvgIpc) is 2.61. The lowest BCUT2D eigenvalue weighted by Crippen LogP contribution is -2.23. The molecule has 0 aliphatic heterocycles. The maximum absolute atomic E-state index is 12.8. The van der Waals surface area contributed by atoms with Crippen molar-refractivity contribution in [1.82, 2.24) is 0 Å². The molecule has 0 heterocycles. The number of aromatic carboxylic acids is 1. The van der Waals surface area contributed by atoms with Crippen LogP contribution < -0.4 is 24.0 Å². The van der Waals surface area contributed by atoms with Crippen molar-refractivity contribution in [2.45, 2.75) is 4.90 Å². The molecule has 0 aliphatic rings. The molecule has 0 amide bonds. The number of carbonyl (C=O) groups is 1. The van der Waals surface area contributed by atoms with E-state index in [-0.39, 0.29) is 32.7 Å². The highest BCUT2D eigenvalue weighted by Gasteiger charge is 2.23. The molecule has 0 fully saturated rings. The van der Waals surface area contributed by atoms with Gasteiger partial charge in [-0.3, -0.25) is 4.72 Å². The molecule has 0 aliphatic carbocycles. The van der Waals surface area contributed by atoms with Crippen molar-refractivity contribution in [3.05, 3.63) is 40.9 Å². The zero-order valence-corrected chi connectivity index (χ0v) is 15.6. The Morgan fingerprint density at radius 1 is 1.00 bits per heavy atom. The molecule has 10 heteroatoms. The first kappa shape index (κ1) is 19.7. The second-order valence-electron chi connectivity index (χ2n) is 4.95. The van der Waals surface area contributed by atoms with Crippen molar-refractivity contribution in [3.8, 4) is 17.2 Å². The molecule has 0 atom stereocenters. The van der Waals surface area contributed by atoms with Crippen LogP contribution in [0.5, 0.6) is 17.2 Å². The summed E-state index contributed by atoms with van der Waals surface area (Å²) in [7, 11) is -0.216. The first-order valence-corrected chi connectivity index (χ1v) is 8.93. The van der Waals surface area contributed by atoms with Crippen LogP contribution in [0.15, 0.2) is 35.2 Å². The van der Waals surface area contributed by atoms with Crippen LogP contribution in [0.4, 0.5) is 5.69 Å². The molecule has 0 unspecified atom stereocenters. The highest BCUT2D eigenvalue weighted by atomic mass is 35.5. The monoisotopic (exact) mass is 400 g/mol. The molecule has 8 nitrogen and oxygen atoms in total. The summed E-state index contributed by atoms with van der Waals surface area (Å²) < 4.78 is 43.0. The number of nitrogens with one attached hydrogen (secondary N) is 1. The summed E-state index contributed by atoms with van der Waals surface area (Å²) in [5, 5.41) is 11.2. The number of rotatable bonds is 7. The molecular formula is C16H15ClNO7S-. The predicted octanol–water partition coefficient (Wildman–Crippen LogP) is 1.53. The highest BCUT2D eigenvalue weighted by Crippen LogP contribution is 2.37. The van der Waals surface area contributed by atoms with Gasteiger partial charge in [0.15, 0.2) is 0 Å². The number of ether oxygens (including phenoxy) is 3. The summed E-state index contributed by atoms with van der Waals surface area (Å²) in [6.07, 6.45) is 0. The molecular weight excluding hydrogens is 386 g/mol. The van der Waals surface area contributed by atoms with Gasteiger partial charge in [-0.05, 0) is 29.8 Å². The third-order valence-electron chi connectivity index (χ3n) is 3.41. The van der Waals surface area contributed by atoms with Gasteiger partial charge < -0.3 is 24.1 Å². The average molecular weight is 401 g/mol. The number of halogens is 1. The zero-order chi connectivity index (χ0) is 19.5. The lowest BCUT2D eigenvalue weighted by atomic mass is 10.2. The largest absolute Gasteiger partial charge is 0.545 e. The Bertz CT molecular complexity index is 944. The van der Waals surface area contributed by atoms with E-state index in [0.29, 0.717) is 5.75 Å². The van der Waals surface area contributed by atoms with Crippen LogP contribution in [-0.4, -0.2) is 35.7 Å². The maximum atomic E-state index is 12.8. The predicted molar refractivity (Wildman–Crippen MR) is 92.7 cm³/mol. The summed E-state index contributed by atoms with van der Waals surface area (Å²) in [5.74, 6) is -1.11. The standard InChI is InChI=1S/C16H16ClNO7S/c1-23-12-5-4-9(16(19)20)6-15(12)26(21,22)18-11-7-10(17)13(24-2)8-14(11)25-3/h4-8,18H,1-3H3,(H,19,20)/p-1. The zero-order valence-electron chi connectivity index (χ0n) is 14.0. The second kappa shape index (κ2) is 7.71. The molecule has 1 N–H and O–H groups in total. The summed E-state index contributed by atoms with van der Waals surface area (Å²) in [5.41, 5.74) is -0.273. The minimum absolute atomic E-state index is 0.0407. The molecule has 140 valence electrons. The van der Waals surface area contributed by atoms with E-state index in [9.17, 15) is 18.3 Å². The molecule has 2 rings (SSSR count). The Balaban J connectivity index is 2.55. The third kappa shape index (κ3) is 3.94. The number of carboxylic acids is 1. The number of benzene rings is 2. The Morgan fingerprint density at radius 3 is 2.15 bits per heavy atom. The van der Waals surface area contributed by atoms with E-state index in [1.165, 1.54) is 45.6 Å². The van der Waals surface area contributed by atoms with Crippen LogP contribution in [0.2, 0.25) is 5.02 Å². The van der Waals surface area contributed by atoms with Crippen molar-refractivity contribution in [1.29, 1.82) is 0 Å². The van der Waals surface area contributed by atoms with Gasteiger partial charge >= 0.3 is 0 Å². The first-order chi connectivity index (χ1) is 12.2. The fourth-order valence-electron chi connectivity index (χ4n) is 2.15.